The number of carbonyl (C=O) groups is 1. The first-order valence-electron chi connectivity index (χ1n) is 10.1. The van der Waals surface area contributed by atoms with Gasteiger partial charge in [-0.1, -0.05) is 25.1 Å². The van der Waals surface area contributed by atoms with Crippen molar-refractivity contribution >= 4 is 21.6 Å². The molecular weight excluding hydrogens is 407 g/mol. The maximum Gasteiger partial charge on any atom is 0.228 e. The van der Waals surface area contributed by atoms with Crippen LogP contribution in [0.4, 0.5) is 10.1 Å². The fraction of sp³-hybridized carbons (Fsp3) is 0.409. The highest BCUT2D eigenvalue weighted by atomic mass is 32.2. The lowest BCUT2D eigenvalue weighted by Gasteiger charge is -2.31. The number of benzene rings is 2. The number of anilines is 1. The number of carbonyl (C=O) groups excluding carboxylic acids is 1. The van der Waals surface area contributed by atoms with Crippen molar-refractivity contribution in [2.24, 2.45) is 5.92 Å². The Balaban J connectivity index is 1.59. The van der Waals surface area contributed by atoms with E-state index in [0.29, 0.717) is 42.8 Å². The van der Waals surface area contributed by atoms with Gasteiger partial charge in [-0.05, 0) is 49.1 Å². The molecule has 1 heterocycles. The third kappa shape index (κ3) is 6.03. The van der Waals surface area contributed by atoms with Crippen LogP contribution < -0.4 is 10.1 Å². The van der Waals surface area contributed by atoms with Crippen LogP contribution in [0.3, 0.4) is 0 Å². The van der Waals surface area contributed by atoms with E-state index in [2.05, 4.69) is 5.32 Å². The number of hydrogen-bond donors (Lipinski definition) is 1. The molecule has 30 heavy (non-hydrogen) atoms. The predicted molar refractivity (Wildman–Crippen MR) is 114 cm³/mol. The highest BCUT2D eigenvalue weighted by Gasteiger charge is 2.31. The molecule has 0 saturated carbocycles. The number of sulfonamides is 1. The molecule has 2 aromatic carbocycles. The summed E-state index contributed by atoms with van der Waals surface area (Å²) in [5.74, 6) is -0.255. The Kier molecular flexibility index (Phi) is 7.44. The van der Waals surface area contributed by atoms with Crippen molar-refractivity contribution in [3.05, 3.63) is 59.9 Å². The van der Waals surface area contributed by atoms with Crippen molar-refractivity contribution in [2.75, 3.05) is 24.2 Å². The molecule has 6 nitrogen and oxygen atoms in total. The van der Waals surface area contributed by atoms with Crippen LogP contribution in [-0.2, 0) is 21.4 Å². The molecule has 162 valence electrons. The van der Waals surface area contributed by atoms with Crippen molar-refractivity contribution < 1.29 is 22.3 Å². The van der Waals surface area contributed by atoms with Crippen molar-refractivity contribution in [1.82, 2.24) is 4.31 Å². The monoisotopic (exact) mass is 434 g/mol. The summed E-state index contributed by atoms with van der Waals surface area (Å²) < 4.78 is 45.1. The quantitative estimate of drug-likeness (QED) is 0.686. The molecule has 1 atom stereocenters. The number of hydrogen-bond acceptors (Lipinski definition) is 4. The lowest BCUT2D eigenvalue weighted by molar-refractivity contribution is -0.120. The Hall–Kier alpha value is -2.45. The number of nitrogens with zero attached hydrogens (tertiary/aromatic N) is 1. The van der Waals surface area contributed by atoms with E-state index in [4.69, 9.17) is 4.74 Å². The number of ether oxygens (including phenoxy) is 1. The van der Waals surface area contributed by atoms with E-state index in [0.717, 1.165) is 0 Å². The largest absolute Gasteiger partial charge is 0.489 e. The summed E-state index contributed by atoms with van der Waals surface area (Å²) in [6.07, 6.45) is 1.87. The molecule has 1 unspecified atom stereocenters. The first kappa shape index (κ1) is 22.2. The third-order valence-electron chi connectivity index (χ3n) is 5.01. The molecule has 8 heteroatoms. The first-order valence-corrected chi connectivity index (χ1v) is 11.7. The van der Waals surface area contributed by atoms with Crippen LogP contribution >= 0.6 is 0 Å². The van der Waals surface area contributed by atoms with Gasteiger partial charge in [-0.25, -0.2) is 17.1 Å². The molecule has 1 aliphatic rings. The van der Waals surface area contributed by atoms with Crippen LogP contribution in [-0.4, -0.2) is 37.5 Å². The van der Waals surface area contributed by atoms with Gasteiger partial charge in [0.2, 0.25) is 15.9 Å². The highest BCUT2D eigenvalue weighted by Crippen LogP contribution is 2.23. The molecule has 3 rings (SSSR count). The van der Waals surface area contributed by atoms with Crippen LogP contribution in [0.25, 0.3) is 0 Å². The lowest BCUT2D eigenvalue weighted by atomic mass is 9.98. The van der Waals surface area contributed by atoms with E-state index < -0.39 is 10.0 Å². The van der Waals surface area contributed by atoms with E-state index in [1.807, 2.05) is 6.92 Å². The van der Waals surface area contributed by atoms with Crippen LogP contribution in [0.15, 0.2) is 48.5 Å². The second-order valence-electron chi connectivity index (χ2n) is 7.45. The van der Waals surface area contributed by atoms with E-state index in [9.17, 15) is 17.6 Å². The summed E-state index contributed by atoms with van der Waals surface area (Å²) in [4.78, 5) is 12.7. The molecule has 1 amide bonds. The molecule has 0 spiro atoms. The third-order valence-corrected chi connectivity index (χ3v) is 7.05. The molecule has 0 aromatic heterocycles. The minimum Gasteiger partial charge on any atom is -0.489 e. The van der Waals surface area contributed by atoms with Gasteiger partial charge in [-0.2, -0.15) is 0 Å². The van der Waals surface area contributed by atoms with Gasteiger partial charge in [0.15, 0.2) is 0 Å². The van der Waals surface area contributed by atoms with E-state index in [1.54, 1.807) is 36.4 Å². The van der Waals surface area contributed by atoms with Crippen LogP contribution in [0, 0.1) is 11.7 Å². The molecule has 1 fully saturated rings. The average Bonchev–Trinajstić information content (AvgIpc) is 2.73. The van der Waals surface area contributed by atoms with Crippen molar-refractivity contribution in [2.45, 2.75) is 32.8 Å². The zero-order chi connectivity index (χ0) is 21.6. The summed E-state index contributed by atoms with van der Waals surface area (Å²) >= 11 is 0. The molecule has 0 radical (unpaired) electrons. The Morgan fingerprint density at radius 3 is 2.80 bits per heavy atom. The zero-order valence-electron chi connectivity index (χ0n) is 17.0. The number of halogens is 1. The Morgan fingerprint density at radius 1 is 1.23 bits per heavy atom. The fourth-order valence-electron chi connectivity index (χ4n) is 3.50. The molecule has 0 bridgehead atoms. The second-order valence-corrected chi connectivity index (χ2v) is 9.54. The van der Waals surface area contributed by atoms with Crippen molar-refractivity contribution in [3.63, 3.8) is 0 Å². The smallest absolute Gasteiger partial charge is 0.228 e. The standard InChI is InChI=1S/C22H27FN2O4S/c1-2-12-30(27,28)25-11-5-7-18(15-25)22(26)24-20-9-4-10-21(14-20)29-16-17-6-3-8-19(23)13-17/h3-4,6,8-10,13-14,18H,2,5,7,11-12,15-16H2,1H3,(H,24,26). The van der Waals surface area contributed by atoms with Gasteiger partial charge < -0.3 is 10.1 Å². The molecule has 1 saturated heterocycles. The van der Waals surface area contributed by atoms with Gasteiger partial charge in [-0.15, -0.1) is 0 Å². The number of rotatable bonds is 8. The Bertz CT molecular complexity index is 981. The van der Waals surface area contributed by atoms with Crippen LogP contribution in [0.1, 0.15) is 31.7 Å². The Labute approximate surface area is 177 Å². The van der Waals surface area contributed by atoms with Crippen LogP contribution in [0.5, 0.6) is 5.75 Å². The molecule has 1 N–H and O–H groups in total. The minimum absolute atomic E-state index is 0.103. The molecule has 0 aliphatic carbocycles. The minimum atomic E-state index is -3.31. The van der Waals surface area contributed by atoms with Gasteiger partial charge >= 0.3 is 0 Å². The molecule has 1 aliphatic heterocycles. The topological polar surface area (TPSA) is 75.7 Å². The van der Waals surface area contributed by atoms with Gasteiger partial charge in [0.25, 0.3) is 0 Å². The van der Waals surface area contributed by atoms with Crippen LogP contribution in [0.2, 0.25) is 0 Å². The van der Waals surface area contributed by atoms with Gasteiger partial charge in [0.1, 0.15) is 18.2 Å². The Morgan fingerprint density at radius 2 is 2.03 bits per heavy atom. The van der Waals surface area contributed by atoms with Gasteiger partial charge in [0, 0.05) is 24.8 Å². The summed E-state index contributed by atoms with van der Waals surface area (Å²) in [6, 6.07) is 13.2. The van der Waals surface area contributed by atoms with Gasteiger partial charge in [-0.3, -0.25) is 4.79 Å². The van der Waals surface area contributed by atoms with Gasteiger partial charge in [0.05, 0.1) is 11.7 Å². The van der Waals surface area contributed by atoms with Crippen molar-refractivity contribution in [1.29, 1.82) is 0 Å². The summed E-state index contributed by atoms with van der Waals surface area (Å²) in [6.45, 7) is 2.72. The number of nitrogens with one attached hydrogen (secondary N) is 1. The normalized spacial score (nSPS) is 17.5. The van der Waals surface area contributed by atoms with Crippen molar-refractivity contribution in [3.8, 4) is 5.75 Å². The summed E-state index contributed by atoms with van der Waals surface area (Å²) in [5, 5.41) is 2.86. The van der Waals surface area contributed by atoms with E-state index in [1.165, 1.54) is 16.4 Å². The highest BCUT2D eigenvalue weighted by molar-refractivity contribution is 7.89. The number of amides is 1. The van der Waals surface area contributed by atoms with E-state index >= 15 is 0 Å². The van der Waals surface area contributed by atoms with E-state index in [-0.39, 0.29) is 36.5 Å². The maximum absolute atomic E-state index is 13.3. The molecule has 2 aromatic rings. The molecular formula is C22H27FN2O4S. The summed E-state index contributed by atoms with van der Waals surface area (Å²) in [7, 11) is -3.31. The SMILES string of the molecule is CCCS(=O)(=O)N1CCCC(C(=O)Nc2cccc(OCc3cccc(F)c3)c2)C1. The summed E-state index contributed by atoms with van der Waals surface area (Å²) in [5.41, 5.74) is 1.28. The first-order chi connectivity index (χ1) is 14.4. The average molecular weight is 435 g/mol. The maximum atomic E-state index is 13.3. The number of piperidine rings is 1. The fourth-order valence-corrected chi connectivity index (χ4v) is 5.09. The zero-order valence-corrected chi connectivity index (χ0v) is 17.8. The lowest BCUT2D eigenvalue weighted by Crippen LogP contribution is -2.44. The predicted octanol–water partition coefficient (Wildman–Crippen LogP) is 3.80. The second kappa shape index (κ2) is 10.0.